The van der Waals surface area contributed by atoms with Gasteiger partial charge < -0.3 is 55.9 Å². The molecule has 0 aliphatic carbocycles. The number of aromatic hydroxyl groups is 2. The molecule has 14 aromatic carbocycles. The lowest BCUT2D eigenvalue weighted by atomic mass is 9.89. The third-order valence-electron chi connectivity index (χ3n) is 17.8. The van der Waals surface area contributed by atoms with Crippen LogP contribution in [-0.4, -0.2) is 35.4 Å². The Morgan fingerprint density at radius 1 is 0.296 bits per heavy atom. The van der Waals surface area contributed by atoms with Crippen molar-refractivity contribution in [3.05, 3.63) is 323 Å². The molecule has 108 heavy (non-hydrogen) atoms. The van der Waals surface area contributed by atoms with Crippen molar-refractivity contribution < 1.29 is 65.5 Å². The van der Waals surface area contributed by atoms with Crippen molar-refractivity contribution in [2.75, 3.05) is 13.2 Å². The molecule has 0 heterocycles. The molecule has 0 fully saturated rings. The maximum Gasteiger partial charge on any atom is 0.530 e. The Morgan fingerprint density at radius 3 is 0.926 bits per heavy atom. The van der Waals surface area contributed by atoms with Crippen LogP contribution < -0.4 is 36.2 Å². The van der Waals surface area contributed by atoms with Gasteiger partial charge in [0.2, 0.25) is 0 Å². The number of halogens is 1. The van der Waals surface area contributed by atoms with Gasteiger partial charge in [0.05, 0.1) is 13.2 Å². The lowest BCUT2D eigenvalue weighted by Gasteiger charge is -2.26. The molecule has 2 N–H and O–H groups in total. The summed E-state index contributed by atoms with van der Waals surface area (Å²) in [6, 6.07) is 84.8. The Morgan fingerprint density at radius 2 is 0.565 bits per heavy atom. The summed E-state index contributed by atoms with van der Waals surface area (Å²) in [6.07, 6.45) is 0. The highest BCUT2D eigenvalue weighted by Crippen LogP contribution is 2.57. The van der Waals surface area contributed by atoms with E-state index < -0.39 is 36.9 Å². The van der Waals surface area contributed by atoms with Crippen molar-refractivity contribution in [3.8, 4) is 79.7 Å². The molecule has 0 aromatic heterocycles. The minimum Gasteiger partial charge on any atom is -0.507 e. The predicted molar refractivity (Wildman–Crippen MR) is 437 cm³/mol. The quantitative estimate of drug-likeness (QED) is 0.0486. The molecule has 14 rings (SSSR count). The lowest BCUT2D eigenvalue weighted by molar-refractivity contribution is 0.0514. The van der Waals surface area contributed by atoms with Crippen LogP contribution in [0.1, 0.15) is 79.1 Å². The minimum absolute atomic E-state index is 0.0835. The summed E-state index contributed by atoms with van der Waals surface area (Å²) in [7, 11) is -5.92. The zero-order chi connectivity index (χ0) is 76.0. The van der Waals surface area contributed by atoms with Crippen LogP contribution in [0.3, 0.4) is 0 Å². The number of phenols is 2. The molecule has 546 valence electrons. The summed E-state index contributed by atoms with van der Waals surface area (Å²) in [6.45, 7) is 19.5. The zero-order valence-electron chi connectivity index (χ0n) is 61.3. The van der Waals surface area contributed by atoms with E-state index in [1.165, 1.54) is 0 Å². The largest absolute Gasteiger partial charge is 0.530 e. The standard InChI is InChI=1S/C52H46O8P2.C24H20O4.C14H14ClO2P/c1-7-54-52(53)43-33-40-25-13-15-27-42(40)49(51(43)60-62(57-46-30-18-10-22-36(46)4)58-47-31-19-11-23-37(47)5)48-41-26-14-12-24-39(41)32-38(6)50(48)59-61(55-44-28-16-8-20-34(44)2)56-45-29-17-9-21-35(45)3;1-3-28-24(27)19-13-16-9-5-7-11-18(16)21(23(19)26)20-17-10-6-4-8-15(17)12-14(2)22(20)25;1-11-7-3-5-9-13(11)16-18(15)17-14-10-6-4-8-12(14)2/h8-33H,7H2,1-6H3;4-13,25-26H,3H2,1-2H3;3-10H,1-2H3. The fraction of sp³-hybridized carbons (Fsp3) is 0.133. The SMILES string of the molecule is CCOC(=O)c1cc2ccccc2c(-c2c(O)c(C)cc3ccccc23)c1O.CCOC(=O)c1cc2ccccc2c(-c2c(OP(Oc3ccccc3C)Oc3ccccc3C)c(C)cc3ccccc23)c1OP(Oc1ccccc1C)Oc1ccccc1C.Cc1ccccc1OP(Cl)Oc1ccccc1C. The number of fused-ring (bicyclic) bond motifs is 4. The van der Waals surface area contributed by atoms with Crippen LogP contribution in [0, 0.1) is 55.4 Å². The number of carbonyl (C=O) groups is 2. The van der Waals surface area contributed by atoms with Crippen molar-refractivity contribution in [3.63, 3.8) is 0 Å². The maximum absolute atomic E-state index is 14.3. The molecule has 0 radical (unpaired) electrons. The average Bonchev–Trinajstić information content (AvgIpc) is 0.738. The van der Waals surface area contributed by atoms with E-state index in [2.05, 4.69) is 12.1 Å². The van der Waals surface area contributed by atoms with Crippen LogP contribution in [0.5, 0.6) is 57.5 Å². The molecule has 0 spiro atoms. The van der Waals surface area contributed by atoms with Gasteiger partial charge in [0.1, 0.15) is 62.9 Å². The first-order chi connectivity index (χ1) is 52.4. The maximum atomic E-state index is 14.3. The number of rotatable bonds is 22. The number of hydrogen-bond acceptors (Lipinski definition) is 14. The zero-order valence-corrected chi connectivity index (χ0v) is 64.8. The van der Waals surface area contributed by atoms with Gasteiger partial charge in [-0.1, -0.05) is 206 Å². The van der Waals surface area contributed by atoms with Gasteiger partial charge in [0.25, 0.3) is 0 Å². The van der Waals surface area contributed by atoms with E-state index in [4.69, 9.17) is 56.9 Å². The minimum atomic E-state index is -2.28. The molecule has 0 atom stereocenters. The molecule has 0 unspecified atom stereocenters. The van der Waals surface area contributed by atoms with E-state index in [1.54, 1.807) is 26.0 Å². The van der Waals surface area contributed by atoms with Gasteiger partial charge in [-0.05, 0) is 229 Å². The van der Waals surface area contributed by atoms with Gasteiger partial charge in [-0.2, -0.15) is 0 Å². The Kier molecular flexibility index (Phi) is 25.0. The van der Waals surface area contributed by atoms with Gasteiger partial charge in [0, 0.05) is 22.3 Å². The fourth-order valence-electron chi connectivity index (χ4n) is 12.3. The van der Waals surface area contributed by atoms with Crippen LogP contribution in [0.15, 0.2) is 267 Å². The third-order valence-corrected chi connectivity index (χ3v) is 21.0. The van der Waals surface area contributed by atoms with Crippen molar-refractivity contribution in [1.29, 1.82) is 0 Å². The van der Waals surface area contributed by atoms with E-state index in [1.807, 2.05) is 298 Å². The summed E-state index contributed by atoms with van der Waals surface area (Å²) in [5, 5.41) is 28.7. The molecule has 14 nitrogen and oxygen atoms in total. The first-order valence-electron chi connectivity index (χ1n) is 35.1. The van der Waals surface area contributed by atoms with E-state index in [0.717, 1.165) is 93.5 Å². The van der Waals surface area contributed by atoms with Crippen LogP contribution >= 0.6 is 36.2 Å². The van der Waals surface area contributed by atoms with Gasteiger partial charge in [-0.3, -0.25) is 0 Å². The summed E-state index contributed by atoms with van der Waals surface area (Å²) < 4.78 is 63.0. The number of aryl methyl sites for hydroxylation is 8. The highest BCUT2D eigenvalue weighted by Gasteiger charge is 2.34. The number of hydrogen-bond donors (Lipinski definition) is 2. The fourth-order valence-corrected chi connectivity index (χ4v) is 15.9. The lowest BCUT2D eigenvalue weighted by Crippen LogP contribution is -2.11. The summed E-state index contributed by atoms with van der Waals surface area (Å²) in [4.78, 5) is 26.8. The predicted octanol–water partition coefficient (Wildman–Crippen LogP) is 25.7. The van der Waals surface area contributed by atoms with E-state index >= 15 is 0 Å². The topological polar surface area (TPSA) is 167 Å². The smallest absolute Gasteiger partial charge is 0.507 e. The first kappa shape index (κ1) is 76.3. The molecule has 0 saturated heterocycles. The van der Waals surface area contributed by atoms with E-state index in [0.29, 0.717) is 56.6 Å². The molecular formula is C90H80ClO14P3. The highest BCUT2D eigenvalue weighted by molar-refractivity contribution is 7.76. The first-order valence-corrected chi connectivity index (χ1v) is 39.4. The van der Waals surface area contributed by atoms with Crippen LogP contribution in [0.25, 0.3) is 65.3 Å². The monoisotopic (exact) mass is 1510 g/mol. The molecule has 0 saturated carbocycles. The molecule has 14 aromatic rings. The van der Waals surface area contributed by atoms with Gasteiger partial charge in [0.15, 0.2) is 5.75 Å². The summed E-state index contributed by atoms with van der Waals surface area (Å²) >= 11 is 6.11. The second-order valence-electron chi connectivity index (χ2n) is 25.4. The van der Waals surface area contributed by atoms with Gasteiger partial charge in [-0.15, -0.1) is 0 Å². The Hall–Kier alpha value is -11.4. The van der Waals surface area contributed by atoms with Crippen molar-refractivity contribution >= 4 is 91.2 Å². The van der Waals surface area contributed by atoms with Crippen LogP contribution in [-0.2, 0) is 9.47 Å². The number of benzene rings is 14. The Bertz CT molecular complexity index is 5450. The second-order valence-corrected chi connectivity index (χ2v) is 29.0. The number of carbonyl (C=O) groups excluding carboxylic acids is 2. The normalized spacial score (nSPS) is 11.0. The van der Waals surface area contributed by atoms with Crippen LogP contribution in [0.2, 0.25) is 0 Å². The Labute approximate surface area is 637 Å². The number of ether oxygens (including phenoxy) is 2. The van der Waals surface area contributed by atoms with E-state index in [9.17, 15) is 19.8 Å². The van der Waals surface area contributed by atoms with Crippen molar-refractivity contribution in [2.24, 2.45) is 0 Å². The van der Waals surface area contributed by atoms with E-state index in [-0.39, 0.29) is 41.6 Å². The van der Waals surface area contributed by atoms with Gasteiger partial charge in [-0.25, -0.2) is 9.59 Å². The second kappa shape index (κ2) is 35.4. The molecule has 18 heteroatoms. The molecule has 0 aliphatic heterocycles. The highest BCUT2D eigenvalue weighted by atomic mass is 35.7. The molecular weight excluding hydrogens is 1430 g/mol. The van der Waals surface area contributed by atoms with Gasteiger partial charge >= 0.3 is 36.9 Å². The molecule has 0 amide bonds. The molecule has 0 aliphatic rings. The summed E-state index contributed by atoms with van der Waals surface area (Å²) in [5.41, 5.74) is 9.66. The third kappa shape index (κ3) is 17.7. The van der Waals surface area contributed by atoms with Crippen molar-refractivity contribution in [2.45, 2.75) is 69.2 Å². The Balaban J connectivity index is 0.000000192. The average molecular weight is 1510 g/mol. The number of para-hydroxylation sites is 6. The molecule has 0 bridgehead atoms. The summed E-state index contributed by atoms with van der Waals surface area (Å²) in [5.74, 6) is 3.33. The van der Waals surface area contributed by atoms with Crippen LogP contribution in [0.4, 0.5) is 0 Å². The number of phenolic OH excluding ortho intramolecular Hbond substituents is 2. The van der Waals surface area contributed by atoms with Crippen molar-refractivity contribution in [1.82, 2.24) is 0 Å². The number of esters is 2.